The number of allylic oxidation sites excluding steroid dienone is 2. The maximum Gasteiger partial charge on any atom is 0.323 e. The maximum absolute atomic E-state index is 11.9. The predicted molar refractivity (Wildman–Crippen MR) is 178 cm³/mol. The Kier molecular flexibility index (Phi) is 11.7. The first-order valence-corrected chi connectivity index (χ1v) is 16.7. The van der Waals surface area contributed by atoms with E-state index in [0.717, 1.165) is 63.2 Å². The molecule has 3 heterocycles. The van der Waals surface area contributed by atoms with Gasteiger partial charge in [-0.3, -0.25) is 14.6 Å². The third-order valence-electron chi connectivity index (χ3n) is 9.07. The number of piperidine rings is 1. The molecule has 250 valence electrons. The monoisotopic (exact) mass is 700 g/mol. The molecule has 0 bridgehead atoms. The third-order valence-corrected chi connectivity index (χ3v) is 10.2. The molecule has 2 fully saturated rings. The van der Waals surface area contributed by atoms with Crippen LogP contribution in [0.25, 0.3) is 5.57 Å². The highest BCUT2D eigenvalue weighted by molar-refractivity contribution is 9.10. The zero-order chi connectivity index (χ0) is 32.6. The summed E-state index contributed by atoms with van der Waals surface area (Å²) in [5.41, 5.74) is 1.81. The van der Waals surface area contributed by atoms with Crippen LogP contribution in [0, 0.1) is 0 Å². The van der Waals surface area contributed by atoms with Crippen molar-refractivity contribution in [3.8, 4) is 17.8 Å². The topological polar surface area (TPSA) is 116 Å². The molecule has 1 aromatic heterocycles. The van der Waals surface area contributed by atoms with Crippen molar-refractivity contribution in [3.63, 3.8) is 0 Å². The van der Waals surface area contributed by atoms with E-state index in [9.17, 15) is 9.90 Å². The molecule has 1 aromatic carbocycles. The van der Waals surface area contributed by atoms with E-state index in [1.165, 1.54) is 14.2 Å². The molecule has 0 spiro atoms. The van der Waals surface area contributed by atoms with Crippen LogP contribution in [0.2, 0.25) is 0 Å². The van der Waals surface area contributed by atoms with Crippen LogP contribution in [0.3, 0.4) is 0 Å². The second-order valence-corrected chi connectivity index (χ2v) is 13.6. The van der Waals surface area contributed by atoms with Crippen LogP contribution in [0.1, 0.15) is 43.7 Å². The van der Waals surface area contributed by atoms with Crippen molar-refractivity contribution < 1.29 is 33.6 Å². The zero-order valence-corrected chi connectivity index (χ0v) is 28.5. The molecule has 0 amide bonds. The van der Waals surface area contributed by atoms with E-state index >= 15 is 0 Å². The van der Waals surface area contributed by atoms with Crippen molar-refractivity contribution in [2.24, 2.45) is 0 Å². The molecule has 3 atom stereocenters. The van der Waals surface area contributed by atoms with Gasteiger partial charge in [-0.2, -0.15) is 9.97 Å². The van der Waals surface area contributed by atoms with Crippen molar-refractivity contribution in [1.29, 1.82) is 0 Å². The third kappa shape index (κ3) is 7.74. The molecular formula is C34H45BrN4O7. The lowest BCUT2D eigenvalue weighted by molar-refractivity contribution is -0.144. The minimum Gasteiger partial charge on any atom is -0.481 e. The smallest absolute Gasteiger partial charge is 0.323 e. The average molecular weight is 702 g/mol. The van der Waals surface area contributed by atoms with E-state index in [1.54, 1.807) is 0 Å². The lowest BCUT2D eigenvalue weighted by atomic mass is 9.77. The normalized spacial score (nSPS) is 25.6. The Labute approximate surface area is 279 Å². The Bertz CT molecular complexity index is 1360. The molecule has 0 radical (unpaired) electrons. The van der Waals surface area contributed by atoms with Gasteiger partial charge < -0.3 is 28.8 Å². The van der Waals surface area contributed by atoms with E-state index in [-0.39, 0.29) is 30.9 Å². The highest BCUT2D eigenvalue weighted by Gasteiger charge is 2.51. The second kappa shape index (κ2) is 15.7. The van der Waals surface area contributed by atoms with Gasteiger partial charge >= 0.3 is 12.0 Å². The van der Waals surface area contributed by atoms with Gasteiger partial charge in [-0.05, 0) is 49.9 Å². The molecule has 1 N–H and O–H groups in total. The Morgan fingerprint density at radius 2 is 1.80 bits per heavy atom. The number of aromatic nitrogens is 2. The predicted octanol–water partition coefficient (Wildman–Crippen LogP) is 4.60. The van der Waals surface area contributed by atoms with Gasteiger partial charge in [-0.1, -0.05) is 64.8 Å². The summed E-state index contributed by atoms with van der Waals surface area (Å²) >= 11 is 4.07. The minimum atomic E-state index is -0.914. The van der Waals surface area contributed by atoms with Crippen LogP contribution in [0.5, 0.6) is 17.8 Å². The van der Waals surface area contributed by atoms with E-state index in [1.807, 2.05) is 35.3 Å². The van der Waals surface area contributed by atoms with Gasteiger partial charge in [0.05, 0.1) is 37.3 Å². The van der Waals surface area contributed by atoms with E-state index in [0.29, 0.717) is 25.1 Å². The highest BCUT2D eigenvalue weighted by atomic mass is 79.9. The van der Waals surface area contributed by atoms with Gasteiger partial charge in [0.15, 0.2) is 0 Å². The van der Waals surface area contributed by atoms with Crippen molar-refractivity contribution in [2.75, 3.05) is 66.8 Å². The molecule has 11 nitrogen and oxygen atoms in total. The highest BCUT2D eigenvalue weighted by Crippen LogP contribution is 2.48. The fourth-order valence-corrected chi connectivity index (χ4v) is 7.12. The first-order valence-electron chi connectivity index (χ1n) is 15.9. The lowest BCUT2D eigenvalue weighted by Gasteiger charge is -2.46. The van der Waals surface area contributed by atoms with E-state index in [2.05, 4.69) is 55.9 Å². The summed E-state index contributed by atoms with van der Waals surface area (Å²) in [5.74, 6) is -0.276. The molecule has 3 aliphatic rings. The average Bonchev–Trinajstić information content (AvgIpc) is 3.07. The number of methoxy groups -OCH3 is 2. The van der Waals surface area contributed by atoms with Crippen molar-refractivity contribution in [1.82, 2.24) is 19.8 Å². The Balaban J connectivity index is 1.38. The van der Waals surface area contributed by atoms with Crippen LogP contribution in [0.4, 0.5) is 0 Å². The van der Waals surface area contributed by atoms with Gasteiger partial charge in [0.1, 0.15) is 18.2 Å². The molecule has 12 heteroatoms. The van der Waals surface area contributed by atoms with Crippen LogP contribution < -0.4 is 14.2 Å². The van der Waals surface area contributed by atoms with Crippen LogP contribution >= 0.6 is 15.9 Å². The minimum absolute atomic E-state index is 0.0784. The summed E-state index contributed by atoms with van der Waals surface area (Å²) in [6.07, 6.45) is 9.39. The Morgan fingerprint density at radius 3 is 2.48 bits per heavy atom. The fourth-order valence-electron chi connectivity index (χ4n) is 6.40. The van der Waals surface area contributed by atoms with Crippen LogP contribution in [-0.2, 0) is 20.8 Å². The number of benzene rings is 1. The molecule has 1 aliphatic carbocycles. The number of likely N-dealkylation sites (tertiary alicyclic amines) is 1. The first kappa shape index (κ1) is 34.3. The molecule has 2 saturated heterocycles. The number of carbonyl (C=O) groups is 1. The number of ether oxygens (including phenoxy) is 5. The number of halogens is 1. The number of carboxylic acid groups (broad SMARTS) is 1. The first-order chi connectivity index (χ1) is 22.3. The zero-order valence-electron chi connectivity index (χ0n) is 27.0. The summed E-state index contributed by atoms with van der Waals surface area (Å²) in [5, 5.41) is 9.79. The Morgan fingerprint density at radius 1 is 1.09 bits per heavy atom. The van der Waals surface area contributed by atoms with E-state index in [4.69, 9.17) is 23.7 Å². The number of hydrogen-bond donors (Lipinski definition) is 1. The SMILES string of the molecule is COc1nc(OCC2(OCCCN3CCOCC3)C=CC=C(c3ccccc3)C2(C)Br)nc(OC)c1CN1CCCC[C@H]1C(=O)O. The molecule has 0 saturated carbocycles. The van der Waals surface area contributed by atoms with Crippen molar-refractivity contribution >= 4 is 27.5 Å². The number of aliphatic carboxylic acids is 1. The van der Waals surface area contributed by atoms with Crippen molar-refractivity contribution in [3.05, 3.63) is 59.7 Å². The molecule has 5 rings (SSSR count). The number of nitrogens with zero attached hydrogens (tertiary/aromatic N) is 4. The molecule has 2 aliphatic heterocycles. The van der Waals surface area contributed by atoms with Gasteiger partial charge in [-0.15, -0.1) is 0 Å². The number of morpholine rings is 1. The summed E-state index contributed by atoms with van der Waals surface area (Å²) < 4.78 is 29.3. The Hall–Kier alpha value is -3.03. The van der Waals surface area contributed by atoms with E-state index < -0.39 is 21.9 Å². The largest absolute Gasteiger partial charge is 0.481 e. The fraction of sp³-hybridized carbons (Fsp3) is 0.559. The lowest BCUT2D eigenvalue weighted by Crippen LogP contribution is -2.55. The summed E-state index contributed by atoms with van der Waals surface area (Å²) in [6.45, 7) is 7.95. The molecular weight excluding hydrogens is 656 g/mol. The van der Waals surface area contributed by atoms with Gasteiger partial charge in [0.2, 0.25) is 11.8 Å². The summed E-state index contributed by atoms with van der Waals surface area (Å²) in [4.78, 5) is 25.4. The van der Waals surface area contributed by atoms with Gasteiger partial charge in [0.25, 0.3) is 0 Å². The number of rotatable bonds is 14. The number of alkyl halides is 1. The standard InChI is InChI=1S/C34H45BrN4O7/c1-33(35)27(25-11-5-4-6-12-25)13-9-15-34(33,46-20-10-16-38-18-21-44-22-19-38)24-45-32-36-29(42-2)26(30(37-32)43-3)23-39-17-8-7-14-28(39)31(40)41/h4-6,9,11-13,15,28H,7-8,10,14,16-24H2,1-3H3,(H,40,41)/t28-,33?,34?/m0/s1. The molecule has 46 heavy (non-hydrogen) atoms. The quantitative estimate of drug-likeness (QED) is 0.220. The summed E-state index contributed by atoms with van der Waals surface area (Å²) in [6, 6.07) is 9.72. The number of carboxylic acids is 1. The second-order valence-electron chi connectivity index (χ2n) is 12.0. The van der Waals surface area contributed by atoms with Gasteiger partial charge in [-0.25, -0.2) is 0 Å². The van der Waals surface area contributed by atoms with Gasteiger partial charge in [0, 0.05) is 32.8 Å². The number of hydrogen-bond acceptors (Lipinski definition) is 10. The van der Waals surface area contributed by atoms with Crippen LogP contribution in [0.15, 0.2) is 48.6 Å². The summed E-state index contributed by atoms with van der Waals surface area (Å²) in [7, 11) is 3.05. The maximum atomic E-state index is 11.9. The molecule has 2 aromatic rings. The van der Waals surface area contributed by atoms with Crippen LogP contribution in [-0.4, -0.2) is 114 Å². The van der Waals surface area contributed by atoms with Crippen molar-refractivity contribution in [2.45, 2.75) is 55.1 Å². The molecule has 2 unspecified atom stereocenters.